The normalized spacial score (nSPS) is 17.7. The fourth-order valence-electron chi connectivity index (χ4n) is 3.93. The third kappa shape index (κ3) is 4.73. The predicted octanol–water partition coefficient (Wildman–Crippen LogP) is 3.98. The number of carbonyl (C=O) groups is 1. The highest BCUT2D eigenvalue weighted by molar-refractivity contribution is 7.19. The quantitative estimate of drug-likeness (QED) is 0.285. The van der Waals surface area contributed by atoms with Crippen molar-refractivity contribution in [2.24, 2.45) is 0 Å². The summed E-state index contributed by atoms with van der Waals surface area (Å²) in [7, 11) is 3.38. The fraction of sp³-hybridized carbons (Fsp3) is 0.348. The molecule has 3 heterocycles. The monoisotopic (exact) mass is 509 g/mol. The zero-order valence-corrected chi connectivity index (χ0v) is 19.7. The van der Waals surface area contributed by atoms with Crippen LogP contribution in [-0.4, -0.2) is 64.1 Å². The summed E-state index contributed by atoms with van der Waals surface area (Å²) in [4.78, 5) is 20.9. The topological polar surface area (TPSA) is 81.6 Å². The van der Waals surface area contributed by atoms with E-state index in [0.29, 0.717) is 16.9 Å². The Kier molecular flexibility index (Phi) is 6.80. The van der Waals surface area contributed by atoms with Crippen molar-refractivity contribution in [3.63, 3.8) is 0 Å². The van der Waals surface area contributed by atoms with Crippen LogP contribution in [0.2, 0.25) is 0 Å². The number of alkyl halides is 4. The van der Waals surface area contributed by atoms with Crippen molar-refractivity contribution >= 4 is 33.3 Å². The van der Waals surface area contributed by atoms with E-state index >= 15 is 17.6 Å². The number of hydrogen-bond donors (Lipinski definition) is 2. The van der Waals surface area contributed by atoms with Crippen molar-refractivity contribution in [1.82, 2.24) is 19.8 Å². The molecule has 35 heavy (non-hydrogen) atoms. The molecule has 2 aromatic heterocycles. The molecule has 1 atom stereocenters. The standard InChI is InChI=1S/C23H23F4N5O2S/c1-31(2)10-6-9-17(34)32-22(24,25)11-15-18-20(30-16(12-33)14-7-4-3-5-8-14)28-13-29-21(18)35-19(15)23(32,26)27/h3-9,13,16,33H,10-12H2,1-2H3,(H,28,29,30). The number of likely N-dealkylation sites (N-methyl/N-ethyl adjacent to an activating group) is 1. The molecule has 1 amide bonds. The third-order valence-corrected chi connectivity index (χ3v) is 6.70. The van der Waals surface area contributed by atoms with Gasteiger partial charge in [-0.15, -0.1) is 11.3 Å². The molecular formula is C23H23F4N5O2S. The van der Waals surface area contributed by atoms with Crippen LogP contribution in [0.25, 0.3) is 10.2 Å². The van der Waals surface area contributed by atoms with Crippen molar-refractivity contribution in [1.29, 1.82) is 0 Å². The van der Waals surface area contributed by atoms with Crippen LogP contribution in [0.15, 0.2) is 48.8 Å². The number of aromatic nitrogens is 2. The number of aliphatic hydroxyl groups excluding tert-OH is 1. The predicted molar refractivity (Wildman–Crippen MR) is 124 cm³/mol. The number of aliphatic hydroxyl groups is 1. The van der Waals surface area contributed by atoms with E-state index in [1.165, 1.54) is 6.08 Å². The zero-order valence-electron chi connectivity index (χ0n) is 18.9. The number of halogens is 4. The summed E-state index contributed by atoms with van der Waals surface area (Å²) in [5.74, 6) is -1.44. The van der Waals surface area contributed by atoms with Crippen molar-refractivity contribution < 1.29 is 27.5 Å². The molecule has 0 saturated heterocycles. The molecule has 7 nitrogen and oxygen atoms in total. The van der Waals surface area contributed by atoms with Crippen molar-refractivity contribution in [2.75, 3.05) is 32.6 Å². The average Bonchev–Trinajstić information content (AvgIpc) is 3.16. The number of anilines is 1. The van der Waals surface area contributed by atoms with Crippen LogP contribution in [-0.2, 0) is 17.3 Å². The lowest BCUT2D eigenvalue weighted by Crippen LogP contribution is -2.57. The minimum atomic E-state index is -4.27. The molecule has 1 aliphatic rings. The van der Waals surface area contributed by atoms with Crippen LogP contribution in [0, 0.1) is 0 Å². The minimum absolute atomic E-state index is 0.0245. The van der Waals surface area contributed by atoms with E-state index in [4.69, 9.17) is 0 Å². The van der Waals surface area contributed by atoms with E-state index in [1.807, 2.05) is 0 Å². The van der Waals surface area contributed by atoms with Gasteiger partial charge in [0.2, 0.25) is 0 Å². The highest BCUT2D eigenvalue weighted by atomic mass is 32.1. The fourth-order valence-corrected chi connectivity index (χ4v) is 5.06. The number of thiophene rings is 1. The van der Waals surface area contributed by atoms with E-state index in [-0.39, 0.29) is 34.7 Å². The molecule has 0 bridgehead atoms. The van der Waals surface area contributed by atoms with Crippen molar-refractivity contribution in [3.05, 3.63) is 64.8 Å². The number of fused-ring (bicyclic) bond motifs is 3. The molecule has 4 rings (SSSR count). The Morgan fingerprint density at radius 3 is 2.63 bits per heavy atom. The van der Waals surface area contributed by atoms with Gasteiger partial charge in [0.05, 0.1) is 24.5 Å². The number of nitrogens with one attached hydrogen (secondary N) is 1. The first-order valence-corrected chi connectivity index (χ1v) is 11.5. The summed E-state index contributed by atoms with van der Waals surface area (Å²) in [6.07, 6.45) is 2.00. The van der Waals surface area contributed by atoms with Crippen LogP contribution in [0.4, 0.5) is 23.4 Å². The Morgan fingerprint density at radius 2 is 1.97 bits per heavy atom. The van der Waals surface area contributed by atoms with Crippen LogP contribution < -0.4 is 5.32 Å². The van der Waals surface area contributed by atoms with Gasteiger partial charge in [0, 0.05) is 12.6 Å². The van der Waals surface area contributed by atoms with E-state index < -0.39 is 40.2 Å². The molecule has 1 aliphatic heterocycles. The van der Waals surface area contributed by atoms with Gasteiger partial charge in [0.15, 0.2) is 0 Å². The van der Waals surface area contributed by atoms with Gasteiger partial charge < -0.3 is 15.3 Å². The number of rotatable bonds is 7. The number of benzene rings is 1. The Balaban J connectivity index is 1.77. The van der Waals surface area contributed by atoms with Crippen molar-refractivity contribution in [2.45, 2.75) is 24.6 Å². The number of nitrogens with zero attached hydrogens (tertiary/aromatic N) is 4. The van der Waals surface area contributed by atoms with E-state index in [1.54, 1.807) is 49.3 Å². The van der Waals surface area contributed by atoms with E-state index in [2.05, 4.69) is 15.3 Å². The second-order valence-corrected chi connectivity index (χ2v) is 9.32. The summed E-state index contributed by atoms with van der Waals surface area (Å²) >= 11 is 0.539. The first-order valence-electron chi connectivity index (χ1n) is 10.7. The molecule has 12 heteroatoms. The Labute approximate surface area is 202 Å². The molecule has 2 N–H and O–H groups in total. The number of amides is 1. The lowest BCUT2D eigenvalue weighted by Gasteiger charge is -2.40. The Morgan fingerprint density at radius 1 is 1.26 bits per heavy atom. The summed E-state index contributed by atoms with van der Waals surface area (Å²) < 4.78 is 61.1. The molecule has 186 valence electrons. The molecule has 0 fully saturated rings. The summed E-state index contributed by atoms with van der Waals surface area (Å²) in [5.41, 5.74) is 0.372. The molecule has 3 aromatic rings. The molecule has 0 radical (unpaired) electrons. The van der Waals surface area contributed by atoms with Crippen LogP contribution in [0.3, 0.4) is 0 Å². The first kappa shape index (κ1) is 25.0. The SMILES string of the molecule is CN(C)CC=CC(=O)N1C(F)(F)Cc2c(sc3ncnc(NC(CO)c4ccccc4)c23)C1(F)F. The maximum Gasteiger partial charge on any atom is 0.369 e. The number of hydrogen-bond acceptors (Lipinski definition) is 7. The van der Waals surface area contributed by atoms with E-state index in [9.17, 15) is 9.90 Å². The second-order valence-electron chi connectivity index (χ2n) is 8.32. The summed E-state index contributed by atoms with van der Waals surface area (Å²) in [5, 5.41) is 12.9. The molecule has 0 saturated carbocycles. The molecule has 0 aliphatic carbocycles. The Bertz CT molecular complexity index is 1250. The highest BCUT2D eigenvalue weighted by Gasteiger charge is 2.61. The van der Waals surface area contributed by atoms with Gasteiger partial charge in [0.25, 0.3) is 5.91 Å². The molecule has 0 spiro atoms. The van der Waals surface area contributed by atoms with Crippen LogP contribution >= 0.6 is 11.3 Å². The van der Waals surface area contributed by atoms with Crippen LogP contribution in [0.1, 0.15) is 22.0 Å². The maximum atomic E-state index is 15.4. The Hall–Kier alpha value is -3.09. The van der Waals surface area contributed by atoms with Gasteiger partial charge in [-0.3, -0.25) is 4.79 Å². The third-order valence-electron chi connectivity index (χ3n) is 5.50. The smallest absolute Gasteiger partial charge is 0.369 e. The highest BCUT2D eigenvalue weighted by Crippen LogP contribution is 2.53. The van der Waals surface area contributed by atoms with Gasteiger partial charge >= 0.3 is 12.1 Å². The van der Waals surface area contributed by atoms with Gasteiger partial charge in [-0.05, 0) is 25.2 Å². The summed E-state index contributed by atoms with van der Waals surface area (Å²) in [6.45, 7) is -0.126. The average molecular weight is 510 g/mol. The number of carbonyl (C=O) groups excluding carboxylic acids is 1. The minimum Gasteiger partial charge on any atom is -0.394 e. The van der Waals surface area contributed by atoms with Crippen molar-refractivity contribution in [3.8, 4) is 0 Å². The van der Waals surface area contributed by atoms with Gasteiger partial charge in [-0.2, -0.15) is 17.6 Å². The largest absolute Gasteiger partial charge is 0.394 e. The molecular weight excluding hydrogens is 486 g/mol. The summed E-state index contributed by atoms with van der Waals surface area (Å²) in [6, 6.07) is -0.252. The second kappa shape index (κ2) is 9.51. The lowest BCUT2D eigenvalue weighted by atomic mass is 10.0. The molecule has 1 aromatic carbocycles. The molecule has 1 unspecified atom stereocenters. The van der Waals surface area contributed by atoms with E-state index in [0.717, 1.165) is 12.4 Å². The zero-order chi connectivity index (χ0) is 25.4. The van der Waals surface area contributed by atoms with Gasteiger partial charge in [0.1, 0.15) is 21.9 Å². The maximum absolute atomic E-state index is 15.4. The lowest BCUT2D eigenvalue weighted by molar-refractivity contribution is -0.273. The van der Waals surface area contributed by atoms with Gasteiger partial charge in [-0.1, -0.05) is 36.4 Å². The van der Waals surface area contributed by atoms with Crippen LogP contribution in [0.5, 0.6) is 0 Å². The first-order chi connectivity index (χ1) is 16.6. The van der Waals surface area contributed by atoms with Gasteiger partial charge in [-0.25, -0.2) is 14.9 Å².